The second-order valence-electron chi connectivity index (χ2n) is 8.58. The molecule has 2 aliphatic heterocycles. The van der Waals surface area contributed by atoms with E-state index in [4.69, 9.17) is 36.3 Å². The quantitative estimate of drug-likeness (QED) is 0.391. The first kappa shape index (κ1) is 25.2. The van der Waals surface area contributed by atoms with Gasteiger partial charge in [0.25, 0.3) is 5.91 Å². The molecule has 6 atom stereocenters. The molecule has 0 bridgehead atoms. The molecule has 0 spiro atoms. The molecule has 3 aromatic rings. The molecule has 1 unspecified atom stereocenters. The summed E-state index contributed by atoms with van der Waals surface area (Å²) in [5, 5.41) is 7.48. The molecule has 1 amide bonds. The summed E-state index contributed by atoms with van der Waals surface area (Å²) in [6, 6.07) is 10.2. The van der Waals surface area contributed by atoms with Crippen molar-refractivity contribution in [2.75, 3.05) is 6.61 Å². The maximum Gasteiger partial charge on any atom is 0.303 e. The lowest BCUT2D eigenvalue weighted by Gasteiger charge is -2.48. The molecular formula is C24H21ClF2N4O6. The third kappa shape index (κ3) is 4.92. The Kier molecular flexibility index (Phi) is 6.90. The number of carbonyl (C=O) groups excluding carboxylic acids is 2. The molecule has 2 fully saturated rings. The Morgan fingerprint density at radius 3 is 2.51 bits per heavy atom. The number of ether oxygens (including phenoxy) is 4. The van der Waals surface area contributed by atoms with Crippen molar-refractivity contribution in [2.24, 2.45) is 5.73 Å². The first-order valence-corrected chi connectivity index (χ1v) is 11.6. The number of fused-ring (bicyclic) bond motifs is 1. The highest BCUT2D eigenvalue weighted by molar-refractivity contribution is 6.31. The number of halogens is 3. The number of hydrogen-bond acceptors (Lipinski definition) is 8. The van der Waals surface area contributed by atoms with E-state index in [0.717, 1.165) is 17.7 Å². The Labute approximate surface area is 214 Å². The van der Waals surface area contributed by atoms with E-state index < -0.39 is 65.3 Å². The van der Waals surface area contributed by atoms with Gasteiger partial charge in [-0.1, -0.05) is 47.1 Å². The highest BCUT2D eigenvalue weighted by Gasteiger charge is 2.54. The molecule has 0 aliphatic carbocycles. The SMILES string of the molecule is CC(=O)O[C@@H]1[C@@H](n2cc(-c3cc(F)c(Cl)c(F)c3)nn2)[C@H]2OC(c3ccccc3)OC[C@H]2O[C@H]1C(N)=O. The zero-order valence-corrected chi connectivity index (χ0v) is 20.0. The fourth-order valence-electron chi connectivity index (χ4n) is 4.49. The monoisotopic (exact) mass is 534 g/mol. The van der Waals surface area contributed by atoms with Gasteiger partial charge in [-0.15, -0.1) is 5.10 Å². The molecule has 37 heavy (non-hydrogen) atoms. The summed E-state index contributed by atoms with van der Waals surface area (Å²) in [7, 11) is 0. The number of carbonyl (C=O) groups is 2. The molecule has 2 N–H and O–H groups in total. The highest BCUT2D eigenvalue weighted by Crippen LogP contribution is 2.40. The molecule has 13 heteroatoms. The minimum Gasteiger partial charge on any atom is -0.457 e. The van der Waals surface area contributed by atoms with Crippen LogP contribution in [0.3, 0.4) is 0 Å². The first-order chi connectivity index (χ1) is 17.7. The average Bonchev–Trinajstić information content (AvgIpc) is 3.36. The maximum atomic E-state index is 14.1. The molecule has 0 saturated carbocycles. The number of nitrogens with zero attached hydrogens (tertiary/aromatic N) is 3. The van der Waals surface area contributed by atoms with Gasteiger partial charge in [-0.05, 0) is 12.1 Å². The standard InChI is InChI=1S/C24H21ClF2N4O6/c1-11(32)35-21-19(31-9-16(29-30-31)13-7-14(26)18(25)15(27)8-13)20-17(36-22(21)23(28)33)10-34-24(37-20)12-5-3-2-4-6-12/h2-9,17,19-22,24H,10H2,1H3,(H2,28,33)/t17-,19+,20+,21-,22-,24?/m1/s1. The van der Waals surface area contributed by atoms with Crippen LogP contribution in [0, 0.1) is 11.6 Å². The number of benzene rings is 2. The summed E-state index contributed by atoms with van der Waals surface area (Å²) in [5.41, 5.74) is 6.48. The zero-order valence-electron chi connectivity index (χ0n) is 19.3. The Morgan fingerprint density at radius 2 is 1.86 bits per heavy atom. The van der Waals surface area contributed by atoms with Crippen LogP contribution in [0.1, 0.15) is 24.8 Å². The van der Waals surface area contributed by atoms with Gasteiger partial charge in [-0.3, -0.25) is 9.59 Å². The van der Waals surface area contributed by atoms with Gasteiger partial charge in [0.1, 0.15) is 40.6 Å². The minimum absolute atomic E-state index is 0.0342. The van der Waals surface area contributed by atoms with Gasteiger partial charge in [0.2, 0.25) is 0 Å². The van der Waals surface area contributed by atoms with Gasteiger partial charge in [-0.25, -0.2) is 13.5 Å². The highest BCUT2D eigenvalue weighted by atomic mass is 35.5. The molecule has 2 aromatic carbocycles. The van der Waals surface area contributed by atoms with Crippen LogP contribution in [0.15, 0.2) is 48.7 Å². The second-order valence-corrected chi connectivity index (χ2v) is 8.95. The smallest absolute Gasteiger partial charge is 0.303 e. The van der Waals surface area contributed by atoms with E-state index in [1.165, 1.54) is 17.8 Å². The van der Waals surface area contributed by atoms with Crippen molar-refractivity contribution < 1.29 is 37.3 Å². The number of esters is 1. The van der Waals surface area contributed by atoms with Crippen LogP contribution < -0.4 is 5.73 Å². The minimum atomic E-state index is -1.35. The fraction of sp³-hybridized carbons (Fsp3) is 0.333. The fourth-order valence-corrected chi connectivity index (χ4v) is 4.60. The van der Waals surface area contributed by atoms with E-state index in [2.05, 4.69) is 10.3 Å². The number of hydrogen-bond donors (Lipinski definition) is 1. The summed E-state index contributed by atoms with van der Waals surface area (Å²) in [6.07, 6.45) is -3.63. The van der Waals surface area contributed by atoms with Crippen LogP contribution in [0.4, 0.5) is 8.78 Å². The second kappa shape index (κ2) is 10.1. The molecule has 194 valence electrons. The zero-order chi connectivity index (χ0) is 26.3. The van der Waals surface area contributed by atoms with Crippen molar-refractivity contribution in [1.29, 1.82) is 0 Å². The summed E-state index contributed by atoms with van der Waals surface area (Å²) in [6.45, 7) is 1.21. The average molecular weight is 535 g/mol. The van der Waals surface area contributed by atoms with Gasteiger partial charge in [0.05, 0.1) is 12.8 Å². The first-order valence-electron chi connectivity index (χ1n) is 11.2. The van der Waals surface area contributed by atoms with Crippen LogP contribution in [0.5, 0.6) is 0 Å². The molecule has 2 saturated heterocycles. The summed E-state index contributed by atoms with van der Waals surface area (Å²) < 4.78 is 52.8. The van der Waals surface area contributed by atoms with Crippen LogP contribution >= 0.6 is 11.6 Å². The summed E-state index contributed by atoms with van der Waals surface area (Å²) in [4.78, 5) is 24.3. The lowest BCUT2D eigenvalue weighted by atomic mass is 9.91. The van der Waals surface area contributed by atoms with Gasteiger partial charge < -0.3 is 24.7 Å². The topological polar surface area (TPSA) is 128 Å². The third-order valence-electron chi connectivity index (χ3n) is 6.10. The van der Waals surface area contributed by atoms with Gasteiger partial charge in [0, 0.05) is 18.1 Å². The van der Waals surface area contributed by atoms with Crippen molar-refractivity contribution in [2.45, 2.75) is 43.7 Å². The molecular weight excluding hydrogens is 514 g/mol. The van der Waals surface area contributed by atoms with Crippen molar-refractivity contribution in [1.82, 2.24) is 15.0 Å². The van der Waals surface area contributed by atoms with Crippen LogP contribution in [-0.4, -0.2) is 57.9 Å². The number of amides is 1. The predicted octanol–water partition coefficient (Wildman–Crippen LogP) is 2.72. The van der Waals surface area contributed by atoms with Crippen LogP contribution in [0.2, 0.25) is 5.02 Å². The molecule has 1 aromatic heterocycles. The maximum absolute atomic E-state index is 14.1. The number of aromatic nitrogens is 3. The molecule has 3 heterocycles. The van der Waals surface area contributed by atoms with Crippen LogP contribution in [-0.2, 0) is 28.5 Å². The molecule has 2 aliphatic rings. The molecule has 10 nitrogen and oxygen atoms in total. The van der Waals surface area contributed by atoms with E-state index in [0.29, 0.717) is 0 Å². The van der Waals surface area contributed by atoms with E-state index in [9.17, 15) is 18.4 Å². The Hall–Kier alpha value is -3.45. The molecule has 0 radical (unpaired) electrons. The van der Waals surface area contributed by atoms with Crippen LogP contribution in [0.25, 0.3) is 11.3 Å². The van der Waals surface area contributed by atoms with Gasteiger partial charge in [-0.2, -0.15) is 0 Å². The number of nitrogens with two attached hydrogens (primary N) is 1. The Morgan fingerprint density at radius 1 is 1.16 bits per heavy atom. The number of primary amides is 1. The van der Waals surface area contributed by atoms with E-state index >= 15 is 0 Å². The van der Waals surface area contributed by atoms with Gasteiger partial charge >= 0.3 is 5.97 Å². The third-order valence-corrected chi connectivity index (χ3v) is 6.46. The summed E-state index contributed by atoms with van der Waals surface area (Å²) in [5.74, 6) is -3.51. The van der Waals surface area contributed by atoms with E-state index in [-0.39, 0.29) is 17.9 Å². The van der Waals surface area contributed by atoms with Crippen molar-refractivity contribution in [3.8, 4) is 11.3 Å². The predicted molar refractivity (Wildman–Crippen MR) is 123 cm³/mol. The number of rotatable bonds is 5. The molecule has 5 rings (SSSR count). The Bertz CT molecular complexity index is 1300. The van der Waals surface area contributed by atoms with Crippen molar-refractivity contribution in [3.63, 3.8) is 0 Å². The lowest BCUT2D eigenvalue weighted by Crippen LogP contribution is -2.63. The summed E-state index contributed by atoms with van der Waals surface area (Å²) >= 11 is 5.59. The lowest BCUT2D eigenvalue weighted by molar-refractivity contribution is -0.313. The Balaban J connectivity index is 1.56. The normalized spacial score (nSPS) is 27.4. The van der Waals surface area contributed by atoms with Crippen molar-refractivity contribution in [3.05, 3.63) is 70.9 Å². The van der Waals surface area contributed by atoms with Crippen molar-refractivity contribution >= 4 is 23.5 Å². The van der Waals surface area contributed by atoms with Gasteiger partial charge in [0.15, 0.2) is 18.5 Å². The largest absolute Gasteiger partial charge is 0.457 e. The van der Waals surface area contributed by atoms with E-state index in [1.54, 1.807) is 0 Å². The van der Waals surface area contributed by atoms with E-state index in [1.807, 2.05) is 30.3 Å².